The molecule has 0 unspecified atom stereocenters. The smallest absolute Gasteiger partial charge is 0.339 e. The molecule has 1 aromatic heterocycles. The van der Waals surface area contributed by atoms with E-state index in [4.69, 9.17) is 9.52 Å². The predicted molar refractivity (Wildman–Crippen MR) is 64.1 cm³/mol. The third-order valence-corrected chi connectivity index (χ3v) is 3.37. The molecule has 4 heteroatoms. The zero-order valence-corrected chi connectivity index (χ0v) is 10.2. The minimum Gasteiger partial charge on any atom is -0.478 e. The topological polar surface area (TPSA) is 62.5 Å². The van der Waals surface area contributed by atoms with Crippen LogP contribution in [-0.2, 0) is 6.54 Å². The summed E-state index contributed by atoms with van der Waals surface area (Å²) in [5.41, 5.74) is 0.269. The third-order valence-electron chi connectivity index (χ3n) is 3.37. The maximum atomic E-state index is 10.9. The Hall–Kier alpha value is -1.29. The summed E-state index contributed by atoms with van der Waals surface area (Å²) < 4.78 is 5.42. The van der Waals surface area contributed by atoms with Crippen LogP contribution < -0.4 is 5.32 Å². The molecule has 0 bridgehead atoms. The molecule has 0 aromatic carbocycles. The number of aromatic carboxylic acids is 1. The number of carboxylic acid groups (broad SMARTS) is 1. The van der Waals surface area contributed by atoms with Crippen LogP contribution in [0.2, 0.25) is 0 Å². The molecule has 0 aliphatic heterocycles. The van der Waals surface area contributed by atoms with E-state index >= 15 is 0 Å². The Kier molecular flexibility index (Phi) is 3.84. The molecule has 1 fully saturated rings. The first-order valence-electron chi connectivity index (χ1n) is 6.23. The van der Waals surface area contributed by atoms with Crippen molar-refractivity contribution in [3.8, 4) is 0 Å². The van der Waals surface area contributed by atoms with Crippen LogP contribution in [-0.4, -0.2) is 17.1 Å². The van der Waals surface area contributed by atoms with Crippen molar-refractivity contribution >= 4 is 5.97 Å². The van der Waals surface area contributed by atoms with Gasteiger partial charge in [0, 0.05) is 6.04 Å². The van der Waals surface area contributed by atoms with E-state index < -0.39 is 5.97 Å². The quantitative estimate of drug-likeness (QED) is 0.845. The van der Waals surface area contributed by atoms with Crippen LogP contribution in [0.4, 0.5) is 0 Å². The Balaban J connectivity index is 1.90. The van der Waals surface area contributed by atoms with Gasteiger partial charge >= 0.3 is 5.97 Å². The monoisotopic (exact) mass is 237 g/mol. The molecule has 1 aromatic rings. The number of carboxylic acids is 1. The van der Waals surface area contributed by atoms with Crippen LogP contribution in [0.3, 0.4) is 0 Å². The van der Waals surface area contributed by atoms with Crippen LogP contribution in [0, 0.1) is 6.92 Å². The molecular weight excluding hydrogens is 218 g/mol. The minimum atomic E-state index is -0.921. The lowest BCUT2D eigenvalue weighted by Gasteiger charge is -2.22. The average Bonchev–Trinajstić information content (AvgIpc) is 2.69. The van der Waals surface area contributed by atoms with Crippen molar-refractivity contribution in [2.45, 2.75) is 51.6 Å². The Morgan fingerprint density at radius 1 is 1.47 bits per heavy atom. The molecule has 1 aliphatic rings. The Labute approximate surface area is 101 Å². The van der Waals surface area contributed by atoms with E-state index in [1.807, 2.05) is 0 Å². The SMILES string of the molecule is Cc1oc(CNC2CCCCC2)cc1C(=O)O. The molecule has 1 heterocycles. The van der Waals surface area contributed by atoms with Gasteiger partial charge in [-0.2, -0.15) is 0 Å². The van der Waals surface area contributed by atoms with Crippen LogP contribution in [0.15, 0.2) is 10.5 Å². The predicted octanol–water partition coefficient (Wildman–Crippen LogP) is 2.71. The van der Waals surface area contributed by atoms with E-state index in [0.29, 0.717) is 24.1 Å². The van der Waals surface area contributed by atoms with Crippen molar-refractivity contribution in [2.75, 3.05) is 0 Å². The van der Waals surface area contributed by atoms with E-state index in [1.54, 1.807) is 13.0 Å². The second-order valence-corrected chi connectivity index (χ2v) is 4.70. The van der Waals surface area contributed by atoms with Gasteiger partial charge in [-0.25, -0.2) is 4.79 Å². The summed E-state index contributed by atoms with van der Waals surface area (Å²) in [6, 6.07) is 2.18. The van der Waals surface area contributed by atoms with Crippen molar-refractivity contribution in [1.82, 2.24) is 5.32 Å². The summed E-state index contributed by atoms with van der Waals surface area (Å²) in [6.45, 7) is 2.31. The molecule has 2 rings (SSSR count). The summed E-state index contributed by atoms with van der Waals surface area (Å²) in [6.07, 6.45) is 6.34. The molecule has 0 amide bonds. The van der Waals surface area contributed by atoms with Crippen molar-refractivity contribution in [3.05, 3.63) is 23.2 Å². The number of aryl methyl sites for hydroxylation is 1. The number of hydrogen-bond donors (Lipinski definition) is 2. The third kappa shape index (κ3) is 3.09. The maximum Gasteiger partial charge on any atom is 0.339 e. The second-order valence-electron chi connectivity index (χ2n) is 4.70. The normalized spacial score (nSPS) is 17.2. The van der Waals surface area contributed by atoms with Crippen LogP contribution >= 0.6 is 0 Å². The van der Waals surface area contributed by atoms with Gasteiger partial charge in [-0.05, 0) is 25.8 Å². The molecule has 0 radical (unpaired) electrons. The van der Waals surface area contributed by atoms with Crippen LogP contribution in [0.25, 0.3) is 0 Å². The van der Waals surface area contributed by atoms with Gasteiger partial charge in [0.2, 0.25) is 0 Å². The van der Waals surface area contributed by atoms with E-state index in [9.17, 15) is 4.79 Å². The first-order chi connectivity index (χ1) is 8.16. The van der Waals surface area contributed by atoms with E-state index in [0.717, 1.165) is 0 Å². The highest BCUT2D eigenvalue weighted by molar-refractivity contribution is 5.88. The molecule has 1 saturated carbocycles. The summed E-state index contributed by atoms with van der Waals surface area (Å²) >= 11 is 0. The first kappa shape index (κ1) is 12.2. The Morgan fingerprint density at radius 3 is 2.76 bits per heavy atom. The Morgan fingerprint density at radius 2 is 2.18 bits per heavy atom. The largest absolute Gasteiger partial charge is 0.478 e. The summed E-state index contributed by atoms with van der Waals surface area (Å²) in [4.78, 5) is 10.9. The molecule has 2 N–H and O–H groups in total. The van der Waals surface area contributed by atoms with Gasteiger partial charge in [-0.1, -0.05) is 19.3 Å². The second kappa shape index (κ2) is 5.36. The number of rotatable bonds is 4. The standard InChI is InChI=1S/C13H19NO3/c1-9-12(13(15)16)7-11(17-9)8-14-10-5-3-2-4-6-10/h7,10,14H,2-6,8H2,1H3,(H,15,16). The lowest BCUT2D eigenvalue weighted by atomic mass is 9.95. The molecule has 94 valence electrons. The molecular formula is C13H19NO3. The van der Waals surface area contributed by atoms with Crippen molar-refractivity contribution in [1.29, 1.82) is 0 Å². The van der Waals surface area contributed by atoms with Crippen molar-refractivity contribution < 1.29 is 14.3 Å². The van der Waals surface area contributed by atoms with Gasteiger partial charge in [-0.15, -0.1) is 0 Å². The number of nitrogens with one attached hydrogen (secondary N) is 1. The highest BCUT2D eigenvalue weighted by Crippen LogP contribution is 2.19. The average molecular weight is 237 g/mol. The fraction of sp³-hybridized carbons (Fsp3) is 0.615. The number of carbonyl (C=O) groups is 1. The van der Waals surface area contributed by atoms with Gasteiger partial charge in [0.05, 0.1) is 6.54 Å². The van der Waals surface area contributed by atoms with E-state index in [-0.39, 0.29) is 5.56 Å². The van der Waals surface area contributed by atoms with Gasteiger partial charge in [0.1, 0.15) is 17.1 Å². The van der Waals surface area contributed by atoms with Crippen LogP contribution in [0.5, 0.6) is 0 Å². The lowest BCUT2D eigenvalue weighted by molar-refractivity contribution is 0.0695. The van der Waals surface area contributed by atoms with Crippen molar-refractivity contribution in [3.63, 3.8) is 0 Å². The van der Waals surface area contributed by atoms with Crippen LogP contribution in [0.1, 0.15) is 54.0 Å². The van der Waals surface area contributed by atoms with Gasteiger partial charge in [-0.3, -0.25) is 0 Å². The zero-order chi connectivity index (χ0) is 12.3. The summed E-state index contributed by atoms with van der Waals surface area (Å²) in [7, 11) is 0. The van der Waals surface area contributed by atoms with Crippen molar-refractivity contribution in [2.24, 2.45) is 0 Å². The van der Waals surface area contributed by atoms with Gasteiger partial charge < -0.3 is 14.8 Å². The molecule has 17 heavy (non-hydrogen) atoms. The molecule has 0 spiro atoms. The fourth-order valence-electron chi connectivity index (χ4n) is 2.39. The summed E-state index contributed by atoms with van der Waals surface area (Å²) in [5, 5.41) is 12.3. The maximum absolute atomic E-state index is 10.9. The Bertz CT molecular complexity index is 391. The van der Waals surface area contributed by atoms with E-state index in [2.05, 4.69) is 5.32 Å². The van der Waals surface area contributed by atoms with Gasteiger partial charge in [0.25, 0.3) is 0 Å². The molecule has 0 atom stereocenters. The molecule has 0 saturated heterocycles. The highest BCUT2D eigenvalue weighted by atomic mass is 16.4. The number of furan rings is 1. The molecule has 1 aliphatic carbocycles. The number of hydrogen-bond acceptors (Lipinski definition) is 3. The first-order valence-corrected chi connectivity index (χ1v) is 6.23. The highest BCUT2D eigenvalue weighted by Gasteiger charge is 2.16. The van der Waals surface area contributed by atoms with Gasteiger partial charge in [0.15, 0.2) is 0 Å². The molecule has 4 nitrogen and oxygen atoms in total. The lowest BCUT2D eigenvalue weighted by Crippen LogP contribution is -2.30. The zero-order valence-electron chi connectivity index (χ0n) is 10.2. The summed E-state index contributed by atoms with van der Waals surface area (Å²) in [5.74, 6) is 0.276. The van der Waals surface area contributed by atoms with E-state index in [1.165, 1.54) is 32.1 Å². The fourth-order valence-corrected chi connectivity index (χ4v) is 2.39. The minimum absolute atomic E-state index is 0.269.